The van der Waals surface area contributed by atoms with Gasteiger partial charge in [-0.15, -0.1) is 10.2 Å². The van der Waals surface area contributed by atoms with Crippen molar-refractivity contribution < 1.29 is 21.6 Å². The van der Waals surface area contributed by atoms with E-state index < -0.39 is 19.7 Å². The summed E-state index contributed by atoms with van der Waals surface area (Å²) in [6.45, 7) is 3.22. The van der Waals surface area contributed by atoms with E-state index >= 15 is 0 Å². The molecule has 266 valence electrons. The Morgan fingerprint density at radius 2 is 1.27 bits per heavy atom. The van der Waals surface area contributed by atoms with E-state index in [0.29, 0.717) is 17.5 Å². The molecule has 0 aliphatic carbocycles. The zero-order valence-electron chi connectivity index (χ0n) is 28.3. The lowest BCUT2D eigenvalue weighted by atomic mass is 10.1. The molecule has 2 N–H and O–H groups in total. The van der Waals surface area contributed by atoms with Crippen LogP contribution in [0.1, 0.15) is 0 Å². The number of anilines is 5. The normalized spacial score (nSPS) is 13.5. The van der Waals surface area contributed by atoms with Crippen LogP contribution in [0.25, 0.3) is 22.4 Å². The first-order valence-corrected chi connectivity index (χ1v) is 20.0. The Balaban J connectivity index is 0.000000180. The number of pyridine rings is 2. The van der Waals surface area contributed by atoms with Gasteiger partial charge < -0.3 is 20.3 Å². The first kappa shape index (κ1) is 34.6. The smallest absolute Gasteiger partial charge is 0.247 e. The summed E-state index contributed by atoms with van der Waals surface area (Å²) in [6.07, 6.45) is 6.03. The Morgan fingerprint density at radius 1 is 0.635 bits per heavy atom. The summed E-state index contributed by atoms with van der Waals surface area (Å²) in [7, 11) is -6.42. The van der Waals surface area contributed by atoms with Crippen molar-refractivity contribution in [2.24, 2.45) is 0 Å². The zero-order valence-corrected chi connectivity index (χ0v) is 29.9. The summed E-state index contributed by atoms with van der Waals surface area (Å²) in [4.78, 5) is 11.9. The zero-order chi connectivity index (χ0) is 36.3. The lowest BCUT2D eigenvalue weighted by molar-refractivity contribution is 0.122. The molecule has 16 heteroatoms. The lowest BCUT2D eigenvalue weighted by Gasteiger charge is -2.29. The van der Waals surface area contributed by atoms with Crippen LogP contribution < -0.4 is 15.5 Å². The van der Waals surface area contributed by atoms with Gasteiger partial charge in [0.15, 0.2) is 31.0 Å². The monoisotopic (exact) mass is 737 g/mol. The van der Waals surface area contributed by atoms with Crippen LogP contribution in [0.15, 0.2) is 125 Å². The topological polar surface area (TPSA) is 165 Å². The average molecular weight is 738 g/mol. The SMILES string of the molecule is CS(=O)(=O)c1ccc(-c2cccn3nc(Nc4cccc(N5CCOCC5)c4)nc23)cc1.CS(=O)(=O)c1ccc(Nc2nc3ccccn3n2)cc1. The molecule has 0 amide bonds. The third-order valence-electron chi connectivity index (χ3n) is 8.21. The highest BCUT2D eigenvalue weighted by Crippen LogP contribution is 2.27. The predicted molar refractivity (Wildman–Crippen MR) is 200 cm³/mol. The van der Waals surface area contributed by atoms with E-state index in [0.717, 1.165) is 60.1 Å². The number of morpholine rings is 1. The maximum Gasteiger partial charge on any atom is 0.247 e. The van der Waals surface area contributed by atoms with Crippen LogP contribution in [0.5, 0.6) is 0 Å². The number of aromatic nitrogens is 6. The van der Waals surface area contributed by atoms with E-state index in [-0.39, 0.29) is 9.79 Å². The van der Waals surface area contributed by atoms with Crippen molar-refractivity contribution in [1.29, 1.82) is 0 Å². The molecule has 8 rings (SSSR count). The number of sulfone groups is 2. The van der Waals surface area contributed by atoms with Crippen LogP contribution in [0.2, 0.25) is 0 Å². The van der Waals surface area contributed by atoms with Crippen LogP contribution in [-0.4, -0.2) is 84.8 Å². The van der Waals surface area contributed by atoms with Crippen LogP contribution in [0.3, 0.4) is 0 Å². The molecule has 0 spiro atoms. The van der Waals surface area contributed by atoms with Crippen molar-refractivity contribution in [3.8, 4) is 11.1 Å². The molecule has 1 saturated heterocycles. The number of fused-ring (bicyclic) bond motifs is 2. The molecular formula is C36H35N9O5S2. The minimum Gasteiger partial charge on any atom is -0.378 e. The molecule has 5 heterocycles. The Morgan fingerprint density at radius 3 is 1.96 bits per heavy atom. The van der Waals surface area contributed by atoms with Gasteiger partial charge in [0.05, 0.1) is 23.0 Å². The van der Waals surface area contributed by atoms with Gasteiger partial charge in [0.1, 0.15) is 0 Å². The second-order valence-electron chi connectivity index (χ2n) is 12.1. The number of hydrogen-bond acceptors (Lipinski definition) is 12. The summed E-state index contributed by atoms with van der Waals surface area (Å²) in [5, 5.41) is 15.1. The molecular weight excluding hydrogens is 703 g/mol. The molecule has 0 unspecified atom stereocenters. The molecule has 0 bridgehead atoms. The van der Waals surface area contributed by atoms with Gasteiger partial charge in [0, 0.05) is 60.6 Å². The van der Waals surface area contributed by atoms with E-state index in [9.17, 15) is 16.8 Å². The Labute approximate surface area is 300 Å². The maximum atomic E-state index is 11.8. The number of rotatable bonds is 8. The lowest BCUT2D eigenvalue weighted by Crippen LogP contribution is -2.36. The van der Waals surface area contributed by atoms with Gasteiger partial charge in [0.25, 0.3) is 0 Å². The third-order valence-corrected chi connectivity index (χ3v) is 10.5. The quantitative estimate of drug-likeness (QED) is 0.208. The molecule has 3 aromatic carbocycles. The number of nitrogens with one attached hydrogen (secondary N) is 2. The van der Waals surface area contributed by atoms with E-state index in [4.69, 9.17) is 4.74 Å². The van der Waals surface area contributed by atoms with Gasteiger partial charge in [-0.3, -0.25) is 0 Å². The number of nitrogens with zero attached hydrogens (tertiary/aromatic N) is 7. The Bertz CT molecular complexity index is 2530. The van der Waals surface area contributed by atoms with Crippen molar-refractivity contribution in [2.45, 2.75) is 9.79 Å². The second kappa shape index (κ2) is 14.4. The van der Waals surface area contributed by atoms with Gasteiger partial charge in [0.2, 0.25) is 11.9 Å². The average Bonchev–Trinajstić information content (AvgIpc) is 3.75. The van der Waals surface area contributed by atoms with E-state index in [1.54, 1.807) is 63.8 Å². The van der Waals surface area contributed by atoms with Gasteiger partial charge in [-0.2, -0.15) is 9.97 Å². The number of hydrogen-bond donors (Lipinski definition) is 2. The van der Waals surface area contributed by atoms with Gasteiger partial charge in [-0.1, -0.05) is 24.3 Å². The van der Waals surface area contributed by atoms with Gasteiger partial charge in [-0.25, -0.2) is 25.9 Å². The Kier molecular flexibility index (Phi) is 9.59. The van der Waals surface area contributed by atoms with E-state index in [1.807, 2.05) is 48.7 Å². The van der Waals surface area contributed by atoms with Gasteiger partial charge >= 0.3 is 0 Å². The molecule has 14 nitrogen and oxygen atoms in total. The second-order valence-corrected chi connectivity index (χ2v) is 16.1. The molecule has 1 fully saturated rings. The van der Waals surface area contributed by atoms with Crippen molar-refractivity contribution in [3.05, 3.63) is 116 Å². The molecule has 1 aliphatic heterocycles. The largest absolute Gasteiger partial charge is 0.378 e. The molecule has 1 aliphatic rings. The summed E-state index contributed by atoms with van der Waals surface area (Å²) >= 11 is 0. The van der Waals surface area contributed by atoms with Crippen molar-refractivity contribution in [3.63, 3.8) is 0 Å². The van der Waals surface area contributed by atoms with Crippen molar-refractivity contribution in [1.82, 2.24) is 29.2 Å². The molecule has 7 aromatic rings. The number of ether oxygens (including phenoxy) is 1. The minimum atomic E-state index is -3.24. The molecule has 0 saturated carbocycles. The number of benzene rings is 3. The van der Waals surface area contributed by atoms with Gasteiger partial charge in [-0.05, 0) is 84.4 Å². The minimum absolute atomic E-state index is 0.283. The van der Waals surface area contributed by atoms with Crippen LogP contribution in [-0.2, 0) is 24.4 Å². The molecule has 0 radical (unpaired) electrons. The standard InChI is InChI=1S/C23H23N5O3S.C13H12N4O2S/c1-32(29,30)20-9-7-17(8-10-20)21-6-3-11-28-22(21)25-23(26-28)24-18-4-2-5-19(16-18)27-12-14-31-15-13-27;1-20(18,19)11-7-5-10(6-8-11)14-13-15-12-4-2-3-9-17(12)16-13/h2-11,16H,12-15H2,1H3,(H,24,26);2-9H,1H3,(H,14,16). The fourth-order valence-corrected chi connectivity index (χ4v) is 6.86. The maximum absolute atomic E-state index is 11.8. The molecule has 4 aromatic heterocycles. The first-order chi connectivity index (χ1) is 25.0. The van der Waals surface area contributed by atoms with Crippen LogP contribution >= 0.6 is 0 Å². The highest BCUT2D eigenvalue weighted by Gasteiger charge is 2.14. The van der Waals surface area contributed by atoms with Crippen LogP contribution in [0.4, 0.5) is 29.0 Å². The predicted octanol–water partition coefficient (Wildman–Crippen LogP) is 5.26. The summed E-state index contributed by atoms with van der Waals surface area (Å²) in [5.74, 6) is 0.952. The first-order valence-electron chi connectivity index (χ1n) is 16.2. The van der Waals surface area contributed by atoms with Crippen LogP contribution in [0, 0.1) is 0 Å². The molecule has 52 heavy (non-hydrogen) atoms. The molecule has 0 atom stereocenters. The summed E-state index contributed by atoms with van der Waals surface area (Å²) in [5.41, 5.74) is 5.94. The highest BCUT2D eigenvalue weighted by molar-refractivity contribution is 7.91. The van der Waals surface area contributed by atoms with Crippen molar-refractivity contribution >= 4 is 59.9 Å². The van der Waals surface area contributed by atoms with E-state index in [2.05, 4.69) is 47.8 Å². The van der Waals surface area contributed by atoms with Crippen molar-refractivity contribution in [2.75, 3.05) is 54.3 Å². The summed E-state index contributed by atoms with van der Waals surface area (Å²) in [6, 6.07) is 30.9. The Hall–Kier alpha value is -5.84. The fraction of sp³-hybridized carbons (Fsp3) is 0.167. The third kappa shape index (κ3) is 8.04. The summed E-state index contributed by atoms with van der Waals surface area (Å²) < 4.78 is 55.1. The highest BCUT2D eigenvalue weighted by atomic mass is 32.2. The van der Waals surface area contributed by atoms with E-state index in [1.165, 1.54) is 12.5 Å². The fourth-order valence-electron chi connectivity index (χ4n) is 5.60.